The maximum absolute atomic E-state index is 5.71. The average Bonchev–Trinajstić information content (AvgIpc) is 2.05. The SMILES string of the molecule is C=C=C(N)C(CC)CCCC.[HH]. The Bertz CT molecular complexity index is 148. The van der Waals surface area contributed by atoms with E-state index in [0.717, 1.165) is 12.1 Å². The van der Waals surface area contributed by atoms with Crippen molar-refractivity contribution in [2.24, 2.45) is 11.7 Å². The van der Waals surface area contributed by atoms with E-state index in [-0.39, 0.29) is 1.43 Å². The van der Waals surface area contributed by atoms with Crippen LogP contribution >= 0.6 is 0 Å². The van der Waals surface area contributed by atoms with E-state index in [1.165, 1.54) is 19.3 Å². The van der Waals surface area contributed by atoms with Gasteiger partial charge in [-0.05, 0) is 12.8 Å². The molecule has 0 saturated carbocycles. The molecular formula is C10H21N. The first kappa shape index (κ1) is 10.3. The Labute approximate surface area is 71.5 Å². The fraction of sp³-hybridized carbons (Fsp3) is 0.700. The highest BCUT2D eigenvalue weighted by molar-refractivity contribution is 4.98. The second-order valence-electron chi connectivity index (χ2n) is 2.88. The van der Waals surface area contributed by atoms with E-state index in [9.17, 15) is 0 Å². The summed E-state index contributed by atoms with van der Waals surface area (Å²) in [6, 6.07) is 0. The van der Waals surface area contributed by atoms with Crippen LogP contribution in [-0.2, 0) is 0 Å². The predicted molar refractivity (Wildman–Crippen MR) is 52.3 cm³/mol. The van der Waals surface area contributed by atoms with Crippen LogP contribution in [0.2, 0.25) is 0 Å². The van der Waals surface area contributed by atoms with Crippen LogP contribution in [0.1, 0.15) is 41.0 Å². The first-order chi connectivity index (χ1) is 5.26. The van der Waals surface area contributed by atoms with E-state index in [1.54, 1.807) is 0 Å². The van der Waals surface area contributed by atoms with Crippen LogP contribution in [0, 0.1) is 5.92 Å². The summed E-state index contributed by atoms with van der Waals surface area (Å²) in [6.07, 6.45) is 4.78. The lowest BCUT2D eigenvalue weighted by Crippen LogP contribution is -2.09. The molecule has 0 aromatic rings. The number of hydrogen-bond acceptors (Lipinski definition) is 1. The molecule has 1 unspecified atom stereocenters. The Balaban J connectivity index is 0. The fourth-order valence-corrected chi connectivity index (χ4v) is 1.17. The van der Waals surface area contributed by atoms with Crippen LogP contribution < -0.4 is 5.73 Å². The Kier molecular flexibility index (Phi) is 5.68. The minimum absolute atomic E-state index is 0. The molecule has 0 rings (SSSR count). The molecule has 0 aliphatic rings. The summed E-state index contributed by atoms with van der Waals surface area (Å²) in [7, 11) is 0. The van der Waals surface area contributed by atoms with E-state index in [4.69, 9.17) is 5.73 Å². The molecule has 0 amide bonds. The van der Waals surface area contributed by atoms with Crippen molar-refractivity contribution in [2.45, 2.75) is 39.5 Å². The molecule has 0 heterocycles. The number of nitrogens with two attached hydrogens (primary N) is 1. The molecule has 0 spiro atoms. The van der Waals surface area contributed by atoms with E-state index >= 15 is 0 Å². The molecule has 0 aromatic carbocycles. The fourth-order valence-electron chi connectivity index (χ4n) is 1.17. The average molecular weight is 155 g/mol. The molecule has 1 atom stereocenters. The Morgan fingerprint density at radius 3 is 2.64 bits per heavy atom. The Morgan fingerprint density at radius 1 is 1.64 bits per heavy atom. The lowest BCUT2D eigenvalue weighted by Gasteiger charge is -2.12. The molecule has 0 aromatic heterocycles. The maximum atomic E-state index is 5.71. The zero-order valence-electron chi connectivity index (χ0n) is 7.69. The second-order valence-corrected chi connectivity index (χ2v) is 2.88. The molecule has 0 saturated heterocycles. The molecule has 0 fully saturated rings. The van der Waals surface area contributed by atoms with Gasteiger partial charge in [0.25, 0.3) is 0 Å². The van der Waals surface area contributed by atoms with Crippen molar-refractivity contribution in [1.29, 1.82) is 0 Å². The smallest absolute Gasteiger partial charge is 0.0537 e. The zero-order valence-corrected chi connectivity index (χ0v) is 7.69. The van der Waals surface area contributed by atoms with Gasteiger partial charge in [-0.15, -0.1) is 5.73 Å². The Morgan fingerprint density at radius 2 is 2.27 bits per heavy atom. The van der Waals surface area contributed by atoms with Gasteiger partial charge in [-0.25, -0.2) is 0 Å². The van der Waals surface area contributed by atoms with Gasteiger partial charge in [0.15, 0.2) is 0 Å². The van der Waals surface area contributed by atoms with Crippen molar-refractivity contribution >= 4 is 0 Å². The van der Waals surface area contributed by atoms with E-state index in [1.807, 2.05) is 0 Å². The van der Waals surface area contributed by atoms with Crippen molar-refractivity contribution in [3.63, 3.8) is 0 Å². The number of rotatable bonds is 5. The first-order valence-corrected chi connectivity index (χ1v) is 4.41. The zero-order chi connectivity index (χ0) is 8.69. The van der Waals surface area contributed by atoms with Gasteiger partial charge in [0.2, 0.25) is 0 Å². The number of unbranched alkanes of at least 4 members (excludes halogenated alkanes) is 1. The van der Waals surface area contributed by atoms with Gasteiger partial charge in [-0.1, -0.05) is 33.3 Å². The van der Waals surface area contributed by atoms with Gasteiger partial charge >= 0.3 is 0 Å². The molecule has 2 N–H and O–H groups in total. The van der Waals surface area contributed by atoms with Crippen LogP contribution in [0.3, 0.4) is 0 Å². The largest absolute Gasteiger partial charge is 0.396 e. The summed E-state index contributed by atoms with van der Waals surface area (Å²) < 4.78 is 0. The third-order valence-corrected chi connectivity index (χ3v) is 2.04. The highest BCUT2D eigenvalue weighted by Gasteiger charge is 2.06. The Hall–Kier alpha value is -0.680. The van der Waals surface area contributed by atoms with E-state index < -0.39 is 0 Å². The molecule has 11 heavy (non-hydrogen) atoms. The van der Waals surface area contributed by atoms with E-state index in [0.29, 0.717) is 5.92 Å². The maximum Gasteiger partial charge on any atom is 0.0537 e. The molecule has 66 valence electrons. The molecule has 1 nitrogen and oxygen atoms in total. The topological polar surface area (TPSA) is 26.0 Å². The molecule has 0 radical (unpaired) electrons. The van der Waals surface area contributed by atoms with Crippen LogP contribution in [0.5, 0.6) is 0 Å². The van der Waals surface area contributed by atoms with Crippen molar-refractivity contribution < 1.29 is 1.43 Å². The minimum atomic E-state index is 0. The summed E-state index contributed by atoms with van der Waals surface area (Å²) in [5, 5.41) is 0. The van der Waals surface area contributed by atoms with Crippen molar-refractivity contribution in [3.8, 4) is 0 Å². The predicted octanol–water partition coefficient (Wildman–Crippen LogP) is 3.08. The number of hydrogen-bond donors (Lipinski definition) is 1. The van der Waals surface area contributed by atoms with Gasteiger partial charge in [0.1, 0.15) is 0 Å². The molecule has 0 bridgehead atoms. The van der Waals surface area contributed by atoms with Gasteiger partial charge < -0.3 is 5.73 Å². The number of allylic oxidation sites excluding steroid dienone is 1. The quantitative estimate of drug-likeness (QED) is 0.607. The highest BCUT2D eigenvalue weighted by atomic mass is 14.6. The van der Waals surface area contributed by atoms with Crippen molar-refractivity contribution in [2.75, 3.05) is 0 Å². The monoisotopic (exact) mass is 155 g/mol. The molecule has 1 heteroatoms. The lowest BCUT2D eigenvalue weighted by atomic mass is 9.96. The van der Waals surface area contributed by atoms with Gasteiger partial charge in [0, 0.05) is 7.34 Å². The highest BCUT2D eigenvalue weighted by Crippen LogP contribution is 2.16. The van der Waals surface area contributed by atoms with Crippen molar-refractivity contribution in [3.05, 3.63) is 18.0 Å². The second kappa shape index (κ2) is 6.06. The van der Waals surface area contributed by atoms with Crippen LogP contribution in [-0.4, -0.2) is 0 Å². The molecular weight excluding hydrogens is 134 g/mol. The van der Waals surface area contributed by atoms with Crippen molar-refractivity contribution in [1.82, 2.24) is 0 Å². The minimum Gasteiger partial charge on any atom is -0.396 e. The van der Waals surface area contributed by atoms with Gasteiger partial charge in [-0.3, -0.25) is 0 Å². The van der Waals surface area contributed by atoms with Crippen LogP contribution in [0.25, 0.3) is 0 Å². The summed E-state index contributed by atoms with van der Waals surface area (Å²) in [5.41, 5.74) is 9.32. The summed E-state index contributed by atoms with van der Waals surface area (Å²) in [6.45, 7) is 7.90. The summed E-state index contributed by atoms with van der Waals surface area (Å²) in [5.74, 6) is 0.507. The molecule has 0 aliphatic heterocycles. The van der Waals surface area contributed by atoms with E-state index in [2.05, 4.69) is 26.2 Å². The molecule has 0 aliphatic carbocycles. The third kappa shape index (κ3) is 3.90. The van der Waals surface area contributed by atoms with Gasteiger partial charge in [-0.2, -0.15) is 0 Å². The third-order valence-electron chi connectivity index (χ3n) is 2.04. The van der Waals surface area contributed by atoms with Gasteiger partial charge in [0.05, 0.1) is 5.70 Å². The van der Waals surface area contributed by atoms with Crippen LogP contribution in [0.4, 0.5) is 0 Å². The first-order valence-electron chi connectivity index (χ1n) is 4.41. The standard InChI is InChI=1S/C10H19N.H2/c1-4-7-8-9(5-2)10(11)6-3;/h9H,3-5,7-8,11H2,1-2H3;1H. The lowest BCUT2D eigenvalue weighted by molar-refractivity contribution is 0.511. The normalized spacial score (nSPS) is 12.2. The summed E-state index contributed by atoms with van der Waals surface area (Å²) in [4.78, 5) is 0. The van der Waals surface area contributed by atoms with Crippen LogP contribution in [0.15, 0.2) is 18.0 Å². The summed E-state index contributed by atoms with van der Waals surface area (Å²) >= 11 is 0.